The van der Waals surface area contributed by atoms with Gasteiger partial charge in [0.05, 0.1) is 0 Å². The quantitative estimate of drug-likeness (QED) is 0.543. The van der Waals surface area contributed by atoms with Gasteiger partial charge in [-0.15, -0.1) is 0 Å². The lowest BCUT2D eigenvalue weighted by molar-refractivity contribution is 0.0907. The number of rotatable bonds is 7. The number of anilines is 1. The number of likely N-dealkylation sites (N-methyl/N-ethyl adjacent to an activating group) is 1. The number of carbonyl (C=O) groups excluding carboxylic acids is 2. The number of aromatic nitrogens is 2. The minimum absolute atomic E-state index is 0.173. The molecule has 0 saturated heterocycles. The fourth-order valence-corrected chi connectivity index (χ4v) is 2.86. The van der Waals surface area contributed by atoms with Gasteiger partial charge in [0.15, 0.2) is 5.82 Å². The highest BCUT2D eigenvalue weighted by atomic mass is 79.9. The standard InChI is InChI=1S/C20H19BrFN5O3/c1-27(20(29)24-16-4-2-3-14(21)11-16)10-9-17-25-19(30-26-17)18(28)23-12-13-5-7-15(22)8-6-13/h2-8,11H,9-10,12H2,1H3,(H,23,28)(H,24,29). The van der Waals surface area contributed by atoms with E-state index in [-0.39, 0.29) is 24.3 Å². The molecular formula is C20H19BrFN5O3. The molecule has 10 heteroatoms. The highest BCUT2D eigenvalue weighted by Crippen LogP contribution is 2.16. The van der Waals surface area contributed by atoms with Crippen molar-refractivity contribution in [1.82, 2.24) is 20.4 Å². The van der Waals surface area contributed by atoms with Crippen molar-refractivity contribution in [3.8, 4) is 0 Å². The van der Waals surface area contributed by atoms with Crippen LogP contribution in [0.3, 0.4) is 0 Å². The van der Waals surface area contributed by atoms with Gasteiger partial charge in [0.2, 0.25) is 0 Å². The summed E-state index contributed by atoms with van der Waals surface area (Å²) in [5.74, 6) is -0.738. The Hall–Kier alpha value is -3.27. The Morgan fingerprint density at radius 3 is 2.70 bits per heavy atom. The van der Waals surface area contributed by atoms with E-state index in [2.05, 4.69) is 36.7 Å². The van der Waals surface area contributed by atoms with Crippen molar-refractivity contribution in [2.45, 2.75) is 13.0 Å². The van der Waals surface area contributed by atoms with Crippen molar-refractivity contribution >= 4 is 33.6 Å². The lowest BCUT2D eigenvalue weighted by Crippen LogP contribution is -2.33. The van der Waals surface area contributed by atoms with Crippen LogP contribution < -0.4 is 10.6 Å². The average Bonchev–Trinajstić information content (AvgIpc) is 3.20. The second kappa shape index (κ2) is 9.97. The first kappa shape index (κ1) is 21.4. The number of urea groups is 1. The summed E-state index contributed by atoms with van der Waals surface area (Å²) in [6, 6.07) is 12.8. The molecule has 1 aromatic heterocycles. The van der Waals surface area contributed by atoms with Gasteiger partial charge in [0.1, 0.15) is 5.82 Å². The Morgan fingerprint density at radius 1 is 1.20 bits per heavy atom. The van der Waals surface area contributed by atoms with Crippen molar-refractivity contribution in [3.05, 3.63) is 76.1 Å². The SMILES string of the molecule is CN(CCc1noc(C(=O)NCc2ccc(F)cc2)n1)C(=O)Nc1cccc(Br)c1. The van der Waals surface area contributed by atoms with Crippen LogP contribution >= 0.6 is 15.9 Å². The van der Waals surface area contributed by atoms with Crippen LogP contribution in [0.4, 0.5) is 14.9 Å². The van der Waals surface area contributed by atoms with E-state index in [9.17, 15) is 14.0 Å². The van der Waals surface area contributed by atoms with Gasteiger partial charge in [-0.3, -0.25) is 4.79 Å². The van der Waals surface area contributed by atoms with Crippen molar-refractivity contribution in [3.63, 3.8) is 0 Å². The van der Waals surface area contributed by atoms with Crippen LogP contribution in [0, 0.1) is 5.82 Å². The molecule has 3 aromatic rings. The van der Waals surface area contributed by atoms with Gasteiger partial charge in [-0.05, 0) is 35.9 Å². The van der Waals surface area contributed by atoms with Crippen LogP contribution in [-0.2, 0) is 13.0 Å². The zero-order valence-electron chi connectivity index (χ0n) is 16.1. The van der Waals surface area contributed by atoms with E-state index < -0.39 is 5.91 Å². The molecule has 0 aliphatic rings. The monoisotopic (exact) mass is 475 g/mol. The molecule has 3 amide bonds. The minimum Gasteiger partial charge on any atom is -0.344 e. The van der Waals surface area contributed by atoms with Crippen molar-refractivity contribution in [2.24, 2.45) is 0 Å². The number of nitrogens with zero attached hydrogens (tertiary/aromatic N) is 3. The predicted molar refractivity (Wildman–Crippen MR) is 111 cm³/mol. The summed E-state index contributed by atoms with van der Waals surface area (Å²) in [7, 11) is 1.64. The molecule has 0 aliphatic heterocycles. The minimum atomic E-state index is -0.529. The van der Waals surface area contributed by atoms with Crippen LogP contribution in [0.1, 0.15) is 22.1 Å². The summed E-state index contributed by atoms with van der Waals surface area (Å²) >= 11 is 3.35. The van der Waals surface area contributed by atoms with E-state index in [0.29, 0.717) is 24.5 Å². The molecule has 0 aliphatic carbocycles. The van der Waals surface area contributed by atoms with Crippen molar-refractivity contribution in [1.29, 1.82) is 0 Å². The molecule has 2 N–H and O–H groups in total. The Labute approximate surface area is 180 Å². The summed E-state index contributed by atoms with van der Waals surface area (Å²) in [6.07, 6.45) is 0.317. The molecule has 2 aromatic carbocycles. The fraction of sp³-hybridized carbons (Fsp3) is 0.200. The normalized spacial score (nSPS) is 10.5. The summed E-state index contributed by atoms with van der Waals surface area (Å²) in [4.78, 5) is 29.9. The number of amides is 3. The molecule has 1 heterocycles. The van der Waals surface area contributed by atoms with Crippen LogP contribution in [0.15, 0.2) is 57.5 Å². The molecule has 0 unspecified atom stereocenters. The number of nitrogens with one attached hydrogen (secondary N) is 2. The largest absolute Gasteiger partial charge is 0.344 e. The molecule has 0 bridgehead atoms. The van der Waals surface area contributed by atoms with Crippen LogP contribution in [0.5, 0.6) is 0 Å². The smallest absolute Gasteiger partial charge is 0.321 e. The summed E-state index contributed by atoms with van der Waals surface area (Å²) in [5.41, 5.74) is 1.41. The van der Waals surface area contributed by atoms with Gasteiger partial charge >= 0.3 is 17.8 Å². The molecule has 0 spiro atoms. The Bertz CT molecular complexity index is 1030. The second-order valence-corrected chi connectivity index (χ2v) is 7.35. The summed E-state index contributed by atoms with van der Waals surface area (Å²) in [5, 5.41) is 9.18. The Balaban J connectivity index is 1.46. The van der Waals surface area contributed by atoms with E-state index in [1.807, 2.05) is 12.1 Å². The molecule has 30 heavy (non-hydrogen) atoms. The van der Waals surface area contributed by atoms with Gasteiger partial charge < -0.3 is 20.1 Å². The highest BCUT2D eigenvalue weighted by molar-refractivity contribution is 9.10. The van der Waals surface area contributed by atoms with E-state index in [0.717, 1.165) is 10.0 Å². The first-order valence-electron chi connectivity index (χ1n) is 9.03. The fourth-order valence-electron chi connectivity index (χ4n) is 2.46. The third kappa shape index (κ3) is 6.11. The lowest BCUT2D eigenvalue weighted by Gasteiger charge is -2.17. The number of halogens is 2. The van der Waals surface area contributed by atoms with Crippen LogP contribution in [0.25, 0.3) is 0 Å². The Kier molecular flexibility index (Phi) is 7.12. The molecule has 8 nitrogen and oxygen atoms in total. The number of benzene rings is 2. The van der Waals surface area contributed by atoms with Crippen molar-refractivity contribution < 1.29 is 18.5 Å². The van der Waals surface area contributed by atoms with E-state index in [1.165, 1.54) is 17.0 Å². The summed E-state index contributed by atoms with van der Waals surface area (Å²) in [6.45, 7) is 0.533. The van der Waals surface area contributed by atoms with E-state index in [1.54, 1.807) is 31.3 Å². The molecule has 0 radical (unpaired) electrons. The molecule has 0 saturated carbocycles. The molecule has 3 rings (SSSR count). The maximum absolute atomic E-state index is 12.9. The van der Waals surface area contributed by atoms with Crippen LogP contribution in [0.2, 0.25) is 0 Å². The molecular weight excluding hydrogens is 457 g/mol. The van der Waals surface area contributed by atoms with Crippen molar-refractivity contribution in [2.75, 3.05) is 18.9 Å². The maximum Gasteiger partial charge on any atom is 0.321 e. The zero-order valence-corrected chi connectivity index (χ0v) is 17.6. The van der Waals surface area contributed by atoms with Gasteiger partial charge in [0.25, 0.3) is 0 Å². The summed E-state index contributed by atoms with van der Waals surface area (Å²) < 4.78 is 18.7. The topological polar surface area (TPSA) is 100 Å². The second-order valence-electron chi connectivity index (χ2n) is 6.44. The van der Waals surface area contributed by atoms with Crippen LogP contribution in [-0.4, -0.2) is 40.6 Å². The van der Waals surface area contributed by atoms with E-state index >= 15 is 0 Å². The molecule has 156 valence electrons. The molecule has 0 atom stereocenters. The zero-order chi connectivity index (χ0) is 21.5. The maximum atomic E-state index is 12.9. The van der Waals surface area contributed by atoms with Gasteiger partial charge in [-0.25, -0.2) is 9.18 Å². The first-order chi connectivity index (χ1) is 14.4. The third-order valence-corrected chi connectivity index (χ3v) is 4.62. The number of hydrogen-bond donors (Lipinski definition) is 2. The molecule has 0 fully saturated rings. The van der Waals surface area contributed by atoms with Gasteiger partial charge in [-0.2, -0.15) is 4.98 Å². The van der Waals surface area contributed by atoms with Gasteiger partial charge in [0, 0.05) is 36.7 Å². The predicted octanol–water partition coefficient (Wildman–Crippen LogP) is 3.61. The number of hydrogen-bond acceptors (Lipinski definition) is 5. The van der Waals surface area contributed by atoms with E-state index in [4.69, 9.17) is 4.52 Å². The number of carbonyl (C=O) groups is 2. The van der Waals surface area contributed by atoms with Gasteiger partial charge in [-0.1, -0.05) is 39.3 Å². The average molecular weight is 476 g/mol. The Morgan fingerprint density at radius 2 is 1.97 bits per heavy atom. The third-order valence-electron chi connectivity index (χ3n) is 4.12. The lowest BCUT2D eigenvalue weighted by atomic mass is 10.2. The first-order valence-corrected chi connectivity index (χ1v) is 9.83. The highest BCUT2D eigenvalue weighted by Gasteiger charge is 2.16.